The molecule has 1 aromatic carbocycles. The lowest BCUT2D eigenvalue weighted by molar-refractivity contribution is -0.144. The molecule has 0 aliphatic carbocycles. The molecule has 0 saturated heterocycles. The SMILES string of the molecule is Cn1c(C(F)(F)F)cc(=O)n(-c2cc(OCc3cc(C(C)(C)C)no3)c(Cl)cc2F)c1=O. The smallest absolute Gasteiger partial charge is 0.431 e. The van der Waals surface area contributed by atoms with E-state index in [0.717, 1.165) is 19.2 Å². The third-order valence-electron chi connectivity index (χ3n) is 4.55. The van der Waals surface area contributed by atoms with E-state index in [1.165, 1.54) is 0 Å². The molecule has 2 aromatic heterocycles. The molecular formula is C20H18ClF4N3O4. The first-order valence-corrected chi connectivity index (χ1v) is 9.56. The highest BCUT2D eigenvalue weighted by Gasteiger charge is 2.35. The van der Waals surface area contributed by atoms with E-state index in [2.05, 4.69) is 5.16 Å². The summed E-state index contributed by atoms with van der Waals surface area (Å²) in [6.07, 6.45) is -4.94. The van der Waals surface area contributed by atoms with Crippen molar-refractivity contribution in [2.75, 3.05) is 0 Å². The molecule has 0 N–H and O–H groups in total. The summed E-state index contributed by atoms with van der Waals surface area (Å²) in [6.45, 7) is 5.64. The number of aromatic nitrogens is 3. The van der Waals surface area contributed by atoms with Crippen LogP contribution < -0.4 is 16.0 Å². The normalized spacial score (nSPS) is 12.3. The standard InChI is InChI=1S/C20H18ClF4N3O4/c1-19(2,3)15-5-10(32-26-15)9-31-14-7-13(12(22)6-11(14)21)28-17(29)8-16(20(23,24)25)27(4)18(28)30/h5-8H,9H2,1-4H3. The monoisotopic (exact) mass is 475 g/mol. The van der Waals surface area contributed by atoms with E-state index in [4.69, 9.17) is 20.9 Å². The van der Waals surface area contributed by atoms with E-state index in [0.29, 0.717) is 11.5 Å². The Bertz CT molecular complexity index is 1290. The molecule has 0 atom stereocenters. The van der Waals surface area contributed by atoms with Crippen LogP contribution in [-0.4, -0.2) is 14.3 Å². The van der Waals surface area contributed by atoms with Gasteiger partial charge in [-0.1, -0.05) is 37.5 Å². The Morgan fingerprint density at radius 3 is 2.34 bits per heavy atom. The first-order chi connectivity index (χ1) is 14.7. The molecule has 172 valence electrons. The fourth-order valence-electron chi connectivity index (χ4n) is 2.80. The molecule has 0 saturated carbocycles. The summed E-state index contributed by atoms with van der Waals surface area (Å²) in [6, 6.07) is 3.61. The van der Waals surface area contributed by atoms with Crippen LogP contribution in [0.3, 0.4) is 0 Å². The number of ether oxygens (including phenoxy) is 1. The predicted molar refractivity (Wildman–Crippen MR) is 107 cm³/mol. The van der Waals surface area contributed by atoms with Gasteiger partial charge in [-0.3, -0.25) is 9.36 Å². The van der Waals surface area contributed by atoms with E-state index in [1.54, 1.807) is 6.07 Å². The molecule has 0 amide bonds. The fraction of sp³-hybridized carbons (Fsp3) is 0.350. The summed E-state index contributed by atoms with van der Waals surface area (Å²) in [5.74, 6) is -0.888. The zero-order valence-corrected chi connectivity index (χ0v) is 18.1. The van der Waals surface area contributed by atoms with Gasteiger partial charge >= 0.3 is 11.9 Å². The highest BCUT2D eigenvalue weighted by Crippen LogP contribution is 2.31. The quantitative estimate of drug-likeness (QED) is 0.528. The largest absolute Gasteiger partial charge is 0.484 e. The molecule has 0 aliphatic rings. The molecule has 2 heterocycles. The third kappa shape index (κ3) is 4.57. The van der Waals surface area contributed by atoms with E-state index in [9.17, 15) is 27.2 Å². The summed E-state index contributed by atoms with van der Waals surface area (Å²) >= 11 is 6.00. The lowest BCUT2D eigenvalue weighted by Gasteiger charge is -2.15. The Kier molecular flexibility index (Phi) is 5.98. The summed E-state index contributed by atoms with van der Waals surface area (Å²) < 4.78 is 64.8. The fourth-order valence-corrected chi connectivity index (χ4v) is 3.01. The molecule has 0 spiro atoms. The number of rotatable bonds is 4. The summed E-state index contributed by atoms with van der Waals surface area (Å²) in [5, 5.41) is 3.75. The first kappa shape index (κ1) is 23.6. The molecule has 3 rings (SSSR count). The van der Waals surface area contributed by atoms with Gasteiger partial charge in [0.1, 0.15) is 23.9 Å². The Morgan fingerprint density at radius 1 is 1.12 bits per heavy atom. The predicted octanol–water partition coefficient (Wildman–Crippen LogP) is 4.21. The second kappa shape index (κ2) is 8.12. The van der Waals surface area contributed by atoms with Gasteiger partial charge in [0.05, 0.1) is 16.4 Å². The number of halogens is 5. The van der Waals surface area contributed by atoms with Crippen LogP contribution >= 0.6 is 11.6 Å². The number of hydrogen-bond acceptors (Lipinski definition) is 5. The molecule has 0 radical (unpaired) electrons. The maximum atomic E-state index is 14.5. The van der Waals surface area contributed by atoms with Crippen molar-refractivity contribution in [3.8, 4) is 11.4 Å². The lowest BCUT2D eigenvalue weighted by Crippen LogP contribution is -2.41. The Balaban J connectivity index is 2.01. The number of benzene rings is 1. The Morgan fingerprint density at radius 2 is 1.78 bits per heavy atom. The van der Waals surface area contributed by atoms with E-state index < -0.39 is 34.6 Å². The average Bonchev–Trinajstić information content (AvgIpc) is 3.14. The van der Waals surface area contributed by atoms with Gasteiger partial charge in [0.25, 0.3) is 5.56 Å². The van der Waals surface area contributed by atoms with Gasteiger partial charge in [0, 0.05) is 30.7 Å². The van der Waals surface area contributed by atoms with Crippen LogP contribution in [0.25, 0.3) is 5.69 Å². The van der Waals surface area contributed by atoms with E-state index >= 15 is 0 Å². The maximum Gasteiger partial charge on any atom is 0.431 e. The second-order valence-electron chi connectivity index (χ2n) is 7.99. The summed E-state index contributed by atoms with van der Waals surface area (Å²) in [7, 11) is 0.822. The zero-order valence-electron chi connectivity index (χ0n) is 17.4. The van der Waals surface area contributed by atoms with Crippen molar-refractivity contribution >= 4 is 11.6 Å². The Hall–Kier alpha value is -3.08. The molecule has 0 unspecified atom stereocenters. The van der Waals surface area contributed by atoms with Crippen LogP contribution in [0, 0.1) is 5.82 Å². The van der Waals surface area contributed by atoms with Gasteiger partial charge in [0.15, 0.2) is 5.76 Å². The van der Waals surface area contributed by atoms with E-state index in [-0.39, 0.29) is 38.0 Å². The maximum absolute atomic E-state index is 14.5. The minimum atomic E-state index is -4.94. The van der Waals surface area contributed by atoms with Gasteiger partial charge in [-0.15, -0.1) is 0 Å². The second-order valence-corrected chi connectivity index (χ2v) is 8.40. The van der Waals surface area contributed by atoms with Crippen molar-refractivity contribution in [3.05, 3.63) is 73.1 Å². The van der Waals surface area contributed by atoms with Crippen LogP contribution in [0.1, 0.15) is 37.9 Å². The molecule has 12 heteroatoms. The minimum Gasteiger partial charge on any atom is -0.484 e. The van der Waals surface area contributed by atoms with Crippen molar-refractivity contribution in [1.82, 2.24) is 14.3 Å². The van der Waals surface area contributed by atoms with Crippen molar-refractivity contribution in [1.29, 1.82) is 0 Å². The van der Waals surface area contributed by atoms with Gasteiger partial charge in [-0.2, -0.15) is 13.2 Å². The highest BCUT2D eigenvalue weighted by atomic mass is 35.5. The van der Waals surface area contributed by atoms with Crippen LogP contribution in [0.15, 0.2) is 38.4 Å². The number of hydrogen-bond donors (Lipinski definition) is 0. The van der Waals surface area contributed by atoms with Crippen molar-refractivity contribution in [3.63, 3.8) is 0 Å². The lowest BCUT2D eigenvalue weighted by atomic mass is 9.92. The minimum absolute atomic E-state index is 0.120. The zero-order chi connectivity index (χ0) is 24.0. The number of alkyl halides is 3. The highest BCUT2D eigenvalue weighted by molar-refractivity contribution is 6.32. The van der Waals surface area contributed by atoms with Crippen molar-refractivity contribution < 1.29 is 26.8 Å². The summed E-state index contributed by atoms with van der Waals surface area (Å²) in [4.78, 5) is 24.7. The van der Waals surface area contributed by atoms with Crippen LogP contribution in [-0.2, 0) is 25.2 Å². The van der Waals surface area contributed by atoms with Gasteiger partial charge in [-0.05, 0) is 6.07 Å². The third-order valence-corrected chi connectivity index (χ3v) is 4.85. The van der Waals surface area contributed by atoms with Crippen molar-refractivity contribution in [2.45, 2.75) is 39.0 Å². The van der Waals surface area contributed by atoms with Gasteiger partial charge in [0.2, 0.25) is 0 Å². The van der Waals surface area contributed by atoms with E-state index in [1.807, 2.05) is 20.8 Å². The van der Waals surface area contributed by atoms with Crippen LogP contribution in [0.2, 0.25) is 5.02 Å². The molecule has 0 aliphatic heterocycles. The molecule has 3 aromatic rings. The molecular weight excluding hydrogens is 458 g/mol. The number of nitrogens with zero attached hydrogens (tertiary/aromatic N) is 3. The summed E-state index contributed by atoms with van der Waals surface area (Å²) in [5.41, 5.74) is -4.43. The van der Waals surface area contributed by atoms with Crippen LogP contribution in [0.5, 0.6) is 5.75 Å². The van der Waals surface area contributed by atoms with Gasteiger partial charge in [-0.25, -0.2) is 13.8 Å². The van der Waals surface area contributed by atoms with Crippen LogP contribution in [0.4, 0.5) is 17.6 Å². The molecule has 0 bridgehead atoms. The first-order valence-electron chi connectivity index (χ1n) is 9.18. The van der Waals surface area contributed by atoms with Crippen molar-refractivity contribution in [2.24, 2.45) is 7.05 Å². The molecule has 7 nitrogen and oxygen atoms in total. The Labute approximate surface area is 183 Å². The average molecular weight is 476 g/mol. The molecule has 0 fully saturated rings. The molecule has 32 heavy (non-hydrogen) atoms. The van der Waals surface area contributed by atoms with Gasteiger partial charge < -0.3 is 9.26 Å². The topological polar surface area (TPSA) is 79.3 Å².